The Morgan fingerprint density at radius 2 is 0.468 bits per heavy atom. The summed E-state index contributed by atoms with van der Waals surface area (Å²) in [6.07, 6.45) is -109. The van der Waals surface area contributed by atoms with Gasteiger partial charge in [0.25, 0.3) is 0 Å². The summed E-state index contributed by atoms with van der Waals surface area (Å²) in [6.45, 7) is -1.27. The number of carbonyl (C=O) groups is 2. The minimum Gasteiger partial charge on any atom is -0.394 e. The van der Waals surface area contributed by atoms with Crippen LogP contribution in [0.3, 0.4) is 0 Å². The van der Waals surface area contributed by atoms with E-state index in [1.807, 2.05) is 0 Å². The third-order valence-corrected chi connectivity index (χ3v) is 23.6. The average Bonchev–Trinajstić information content (AvgIpc) is 0.761. The van der Waals surface area contributed by atoms with Crippen LogP contribution in [-0.4, -0.2) is 544 Å². The van der Waals surface area contributed by atoms with Crippen LogP contribution in [0.1, 0.15) is 41.5 Å². The molecule has 11 fully saturated rings. The maximum atomic E-state index is 13.6. The molecule has 11 aliphatic rings. The maximum absolute atomic E-state index is 13.6. The van der Waals surface area contributed by atoms with Crippen LogP contribution in [0, 0.1) is 0 Å². The normalized spacial score (nSPS) is 53.0. The Bertz CT molecular complexity index is 3310. The molecule has 0 aliphatic carbocycles. The van der Waals surface area contributed by atoms with Gasteiger partial charge in [0.05, 0.1) is 70.7 Å². The highest BCUT2D eigenvalue weighted by atomic mass is 16.8. The van der Waals surface area contributed by atoms with Gasteiger partial charge in [-0.1, -0.05) is 0 Å². The first-order valence-corrected chi connectivity index (χ1v) is 40.1. The molecular formula is C70H118N2O52. The molecule has 0 aromatic heterocycles. The summed E-state index contributed by atoms with van der Waals surface area (Å²) in [6, 6.07) is -4.11. The van der Waals surface area contributed by atoms with Gasteiger partial charge >= 0.3 is 0 Å². The Kier molecular flexibility index (Phi) is 35.4. The van der Waals surface area contributed by atoms with Gasteiger partial charge in [-0.3, -0.25) is 9.59 Å². The predicted molar refractivity (Wildman–Crippen MR) is 380 cm³/mol. The Labute approximate surface area is 703 Å². The van der Waals surface area contributed by atoms with Crippen LogP contribution in [-0.2, 0) is 109 Å². The predicted octanol–water partition coefficient (Wildman–Crippen LogP) is -20.6. The van der Waals surface area contributed by atoms with Crippen LogP contribution in [0.5, 0.6) is 0 Å². The summed E-state index contributed by atoms with van der Waals surface area (Å²) in [4.78, 5) is 27.1. The summed E-state index contributed by atoms with van der Waals surface area (Å²) in [5.41, 5.74) is 0. The number of ether oxygens (including phenoxy) is 21. The van der Waals surface area contributed by atoms with E-state index in [0.717, 1.165) is 13.8 Å². The van der Waals surface area contributed by atoms with Crippen molar-refractivity contribution in [3.8, 4) is 0 Å². The van der Waals surface area contributed by atoms with Gasteiger partial charge < -0.3 is 258 Å². The standard InChI is InChI=1S/C70H118N2O52/c1-14-29(81)38(90)46(98)63(105-14)118-53-27(71-18(5)79)61(114-24(11-77)51(53)116-68-58(44(96)35(87)21(8-74)111-68)123-65-48(100)40(92)31(83)16(3)107-65)121-56-42(94)33(85)20(7-73)110-67(56)104-13-26-37(89)55(50(102)60(103)109-26)120-70-57(43(95)34(86)23(10-76)113-70)122-62-28(72-19(6)80)54(119-64-47(99)39(91)30(82)15(2)106-64)52(25(12-78)115-62)117-69-59(45(97)36(88)22(9-75)112-69)124-66-49(101)41(93)32(84)17(4)108-66/h14-17,20-70,73-78,81-103H,7-13H2,1-6H3,(H,71,79)(H,72,80)/t14-,15-,16-,17-,20-,21-,22-,23-,24-,25-,26-,27-,28-,29+,30+,31+,32+,33-,34-,35+,36+,37-,38+,39+,40+,41+,42+,43+,44+,45+,46-,47-,48-,49-,50+,51-,52-,53-,54-,55+,56+,57+,58-,59-,60+,61+,62+,63-,64-,65-,66-,67+,68+,69+,70-/m1/s1. The van der Waals surface area contributed by atoms with Gasteiger partial charge in [0.15, 0.2) is 69.2 Å². The molecule has 0 unspecified atom stereocenters. The SMILES string of the molecule is CC(=O)N[C@H]1[C@H](O[C@@H]2[C@@H](OC[C@H]3O[C@H](O)[C@@H](O)[C@@H](O[C@H]4O[C@H](CO)[C@@H](O)[C@H](O)[C@@H]4O[C@@H]4O[C@H](CO)[C@@H](O[C@@H]5O[C@H](CO)[C@H](O)[C@H](O)[C@H]5O[C@H]5O[C@H](C)[C@H](O)[C@H](O)[C@H]5O)[C@H](O[C@H]5O[C@H](C)[C@H](O)[C@H](O)[C@H]5O)[C@H]4NC(C)=O)[C@@H]3O)O[C@H](CO)[C@@H](O)[C@@H]2O)O[C@H](CO)[C@@H](O[C@@H]2O[C@H](CO)[C@H](O)[C@H](O)[C@H]2O[C@H]2O[C@H](C)[C@H](O)[C@H](O)[C@H]2O)[C@@H]1O[C@H]1O[C@H](C)[C@H](O)[C@H](O)[C@H]1O. The van der Waals surface area contributed by atoms with Gasteiger partial charge in [-0.25, -0.2) is 0 Å². The molecule has 124 heavy (non-hydrogen) atoms. The van der Waals surface area contributed by atoms with Crippen molar-refractivity contribution in [1.29, 1.82) is 0 Å². The second kappa shape index (κ2) is 43.3. The lowest BCUT2D eigenvalue weighted by atomic mass is 9.93. The van der Waals surface area contributed by atoms with E-state index in [1.54, 1.807) is 0 Å². The molecule has 2 amide bonds. The van der Waals surface area contributed by atoms with Gasteiger partial charge in [-0.05, 0) is 27.7 Å². The molecule has 720 valence electrons. The fourth-order valence-corrected chi connectivity index (χ4v) is 16.3. The Balaban J connectivity index is 0.879. The maximum Gasteiger partial charge on any atom is 0.217 e. The van der Waals surface area contributed by atoms with Crippen molar-refractivity contribution in [3.63, 3.8) is 0 Å². The molecular weight excluding hydrogens is 1700 g/mol. The van der Waals surface area contributed by atoms with E-state index in [1.165, 1.54) is 27.7 Å². The zero-order valence-corrected chi connectivity index (χ0v) is 67.1. The van der Waals surface area contributed by atoms with Crippen LogP contribution >= 0.6 is 0 Å². The lowest BCUT2D eigenvalue weighted by molar-refractivity contribution is -0.405. The van der Waals surface area contributed by atoms with Crippen molar-refractivity contribution in [3.05, 3.63) is 0 Å². The summed E-state index contributed by atoms with van der Waals surface area (Å²) in [5, 5.41) is 328. The lowest BCUT2D eigenvalue weighted by Crippen LogP contribution is -2.71. The van der Waals surface area contributed by atoms with E-state index in [-0.39, 0.29) is 0 Å². The largest absolute Gasteiger partial charge is 0.394 e. The van der Waals surface area contributed by atoms with Crippen LogP contribution in [0.2, 0.25) is 0 Å². The van der Waals surface area contributed by atoms with Crippen molar-refractivity contribution in [2.75, 3.05) is 46.2 Å². The fourth-order valence-electron chi connectivity index (χ4n) is 16.3. The molecule has 0 aromatic rings. The molecule has 54 heteroatoms. The van der Waals surface area contributed by atoms with Gasteiger partial charge in [-0.15, -0.1) is 0 Å². The van der Waals surface area contributed by atoms with Crippen LogP contribution in [0.4, 0.5) is 0 Å². The first kappa shape index (κ1) is 101. The van der Waals surface area contributed by atoms with Crippen molar-refractivity contribution >= 4 is 11.8 Å². The van der Waals surface area contributed by atoms with E-state index < -0.39 is 396 Å². The highest BCUT2D eigenvalue weighted by molar-refractivity contribution is 5.73. The Morgan fingerprint density at radius 3 is 0.750 bits per heavy atom. The number of aliphatic hydroxyl groups is 29. The summed E-state index contributed by atoms with van der Waals surface area (Å²) in [7, 11) is 0. The van der Waals surface area contributed by atoms with E-state index >= 15 is 0 Å². The number of hydrogen-bond acceptors (Lipinski definition) is 52. The topological polar surface area (TPSA) is 839 Å². The highest BCUT2D eigenvalue weighted by Crippen LogP contribution is 2.43. The number of amides is 2. The van der Waals surface area contributed by atoms with E-state index in [0.29, 0.717) is 0 Å². The van der Waals surface area contributed by atoms with Crippen molar-refractivity contribution in [2.24, 2.45) is 0 Å². The first-order valence-electron chi connectivity index (χ1n) is 40.1. The molecule has 11 heterocycles. The second-order valence-corrected chi connectivity index (χ2v) is 32.2. The minimum absolute atomic E-state index is 0.910. The van der Waals surface area contributed by atoms with Crippen molar-refractivity contribution in [2.45, 2.75) is 379 Å². The molecule has 11 saturated heterocycles. The van der Waals surface area contributed by atoms with E-state index in [2.05, 4.69) is 10.6 Å². The summed E-state index contributed by atoms with van der Waals surface area (Å²) >= 11 is 0. The molecule has 0 radical (unpaired) electrons. The lowest BCUT2D eigenvalue weighted by Gasteiger charge is -2.52. The highest BCUT2D eigenvalue weighted by Gasteiger charge is 2.63. The average molecular weight is 1820 g/mol. The molecule has 0 spiro atoms. The first-order chi connectivity index (χ1) is 58.5. The third kappa shape index (κ3) is 21.4. The van der Waals surface area contributed by atoms with Gasteiger partial charge in [0, 0.05) is 13.8 Å². The number of hydrogen-bond donors (Lipinski definition) is 31. The quantitative estimate of drug-likeness (QED) is 0.0331. The molecule has 11 aliphatic heterocycles. The Morgan fingerprint density at radius 1 is 0.226 bits per heavy atom. The molecule has 54 nitrogen and oxygen atoms in total. The minimum atomic E-state index is -2.49. The number of rotatable bonds is 29. The van der Waals surface area contributed by atoms with Crippen LogP contribution < -0.4 is 10.6 Å². The second-order valence-electron chi connectivity index (χ2n) is 32.2. The molecule has 11 rings (SSSR count). The van der Waals surface area contributed by atoms with E-state index in [9.17, 15) is 158 Å². The van der Waals surface area contributed by atoms with Crippen molar-refractivity contribution < 1.29 is 257 Å². The van der Waals surface area contributed by atoms with Gasteiger partial charge in [0.2, 0.25) is 11.8 Å². The van der Waals surface area contributed by atoms with Crippen LogP contribution in [0.25, 0.3) is 0 Å². The zero-order chi connectivity index (χ0) is 91.1. The third-order valence-electron chi connectivity index (χ3n) is 23.6. The molecule has 0 aromatic carbocycles. The Hall–Kier alpha value is -3.06. The van der Waals surface area contributed by atoms with Gasteiger partial charge in [-0.2, -0.15) is 0 Å². The van der Waals surface area contributed by atoms with Gasteiger partial charge in [0.1, 0.15) is 244 Å². The van der Waals surface area contributed by atoms with E-state index in [4.69, 9.17) is 99.5 Å². The fraction of sp³-hybridized carbons (Fsp3) is 0.971. The number of aliphatic hydroxyl groups excluding tert-OH is 29. The monoisotopic (exact) mass is 1820 g/mol. The zero-order valence-electron chi connectivity index (χ0n) is 67.1. The molecule has 0 bridgehead atoms. The number of carbonyl (C=O) groups excluding carboxylic acids is 2. The summed E-state index contributed by atoms with van der Waals surface area (Å²) in [5.74, 6) is -2.04. The van der Waals surface area contributed by atoms with Crippen LogP contribution in [0.15, 0.2) is 0 Å². The number of nitrogens with one attached hydrogen (secondary N) is 2. The summed E-state index contributed by atoms with van der Waals surface area (Å²) < 4.78 is 126. The van der Waals surface area contributed by atoms with Crippen molar-refractivity contribution in [1.82, 2.24) is 10.6 Å². The smallest absolute Gasteiger partial charge is 0.217 e. The molecule has 55 atom stereocenters. The molecule has 31 N–H and O–H groups in total. The molecule has 0 saturated carbocycles.